The van der Waals surface area contributed by atoms with Gasteiger partial charge in [0, 0.05) is 25.2 Å². The normalized spacial score (nSPS) is 9.44. The van der Waals surface area contributed by atoms with Crippen molar-refractivity contribution in [1.29, 1.82) is 0 Å². The lowest BCUT2D eigenvalue weighted by Gasteiger charge is -2.20. The molecule has 2 N–H and O–H groups in total. The summed E-state index contributed by atoms with van der Waals surface area (Å²) in [5, 5.41) is 0. The van der Waals surface area contributed by atoms with Crippen molar-refractivity contribution >= 4 is 24.0 Å². The number of nitrogens with two attached hydrogens (primary N) is 1. The van der Waals surface area contributed by atoms with Gasteiger partial charge in [-0.1, -0.05) is 17.7 Å². The number of rotatable bonds is 4. The van der Waals surface area contributed by atoms with Crippen molar-refractivity contribution in [2.24, 2.45) is 5.73 Å². The van der Waals surface area contributed by atoms with Crippen LogP contribution < -0.4 is 10.6 Å². The number of hydrogen-bond donors (Lipinski definition) is 1. The maximum absolute atomic E-state index is 11.7. The summed E-state index contributed by atoms with van der Waals surface area (Å²) in [5.74, 6) is 0.0869. The predicted molar refractivity (Wildman–Crippen MR) is 70.1 cm³/mol. The topological polar surface area (TPSA) is 46.3 Å². The monoisotopic (exact) mass is 242 g/mol. The van der Waals surface area contributed by atoms with Crippen LogP contribution in [0, 0.1) is 6.92 Å². The van der Waals surface area contributed by atoms with Gasteiger partial charge in [0.15, 0.2) is 0 Å². The molecule has 0 saturated carbocycles. The maximum Gasteiger partial charge on any atom is 0.228 e. The SMILES string of the molecule is CCN(C(=O)CCN)c1ccc(C)cc1.Cl. The quantitative estimate of drug-likeness (QED) is 0.879. The minimum Gasteiger partial charge on any atom is -0.330 e. The highest BCUT2D eigenvalue weighted by molar-refractivity contribution is 5.93. The van der Waals surface area contributed by atoms with Crippen molar-refractivity contribution in [1.82, 2.24) is 0 Å². The van der Waals surface area contributed by atoms with Gasteiger partial charge in [-0.05, 0) is 26.0 Å². The number of amides is 1. The Morgan fingerprint density at radius 1 is 1.31 bits per heavy atom. The molecule has 0 fully saturated rings. The summed E-state index contributed by atoms with van der Waals surface area (Å²) >= 11 is 0. The number of benzene rings is 1. The molecule has 0 spiro atoms. The van der Waals surface area contributed by atoms with Gasteiger partial charge in [0.2, 0.25) is 5.91 Å². The Labute approximate surface area is 103 Å². The zero-order valence-electron chi connectivity index (χ0n) is 9.77. The summed E-state index contributed by atoms with van der Waals surface area (Å²) in [6.45, 7) is 5.08. The predicted octanol–water partition coefficient (Wildman–Crippen LogP) is 2.12. The molecule has 0 saturated heterocycles. The Bertz CT molecular complexity index is 324. The van der Waals surface area contributed by atoms with Gasteiger partial charge in [-0.15, -0.1) is 12.4 Å². The Morgan fingerprint density at radius 2 is 1.88 bits per heavy atom. The van der Waals surface area contributed by atoms with Gasteiger partial charge in [-0.3, -0.25) is 4.79 Å². The second kappa shape index (κ2) is 7.25. The van der Waals surface area contributed by atoms with Crippen LogP contribution in [-0.4, -0.2) is 19.0 Å². The fourth-order valence-corrected chi connectivity index (χ4v) is 1.49. The van der Waals surface area contributed by atoms with E-state index in [9.17, 15) is 4.79 Å². The van der Waals surface area contributed by atoms with Crippen LogP contribution in [0.5, 0.6) is 0 Å². The van der Waals surface area contributed by atoms with Gasteiger partial charge < -0.3 is 10.6 Å². The van der Waals surface area contributed by atoms with Gasteiger partial charge in [-0.2, -0.15) is 0 Å². The average Bonchev–Trinajstić information content (AvgIpc) is 2.22. The molecule has 3 nitrogen and oxygen atoms in total. The molecule has 0 aliphatic rings. The van der Waals surface area contributed by atoms with Crippen molar-refractivity contribution < 1.29 is 4.79 Å². The first kappa shape index (κ1) is 14.9. The van der Waals surface area contributed by atoms with Gasteiger partial charge in [0.1, 0.15) is 0 Å². The number of hydrogen-bond acceptors (Lipinski definition) is 2. The minimum atomic E-state index is 0. The third kappa shape index (κ3) is 3.83. The lowest BCUT2D eigenvalue weighted by atomic mass is 10.2. The summed E-state index contributed by atoms with van der Waals surface area (Å²) in [7, 11) is 0. The molecule has 0 unspecified atom stereocenters. The highest BCUT2D eigenvalue weighted by Gasteiger charge is 2.11. The first-order valence-corrected chi connectivity index (χ1v) is 5.26. The summed E-state index contributed by atoms with van der Waals surface area (Å²) in [4.78, 5) is 13.5. The van der Waals surface area contributed by atoms with E-state index in [0.29, 0.717) is 19.5 Å². The van der Waals surface area contributed by atoms with Gasteiger partial charge >= 0.3 is 0 Å². The van der Waals surface area contributed by atoms with Gasteiger partial charge in [-0.25, -0.2) is 0 Å². The van der Waals surface area contributed by atoms with E-state index < -0.39 is 0 Å². The van der Waals surface area contributed by atoms with Crippen LogP contribution >= 0.6 is 12.4 Å². The standard InChI is InChI=1S/C12H18N2O.ClH/c1-3-14(12(15)8-9-13)11-6-4-10(2)5-7-11;/h4-7H,3,8-9,13H2,1-2H3;1H. The third-order valence-corrected chi connectivity index (χ3v) is 2.32. The molecule has 4 heteroatoms. The van der Waals surface area contributed by atoms with Crippen LogP contribution in [0.4, 0.5) is 5.69 Å². The van der Waals surface area contributed by atoms with E-state index in [2.05, 4.69) is 0 Å². The summed E-state index contributed by atoms with van der Waals surface area (Å²) in [6, 6.07) is 7.95. The van der Waals surface area contributed by atoms with Crippen LogP contribution in [0.15, 0.2) is 24.3 Å². The molecule has 0 aromatic heterocycles. The van der Waals surface area contributed by atoms with E-state index in [1.54, 1.807) is 4.90 Å². The van der Waals surface area contributed by atoms with Crippen LogP contribution in [0.2, 0.25) is 0 Å². The number of carbonyl (C=O) groups excluding carboxylic acids is 1. The molecule has 1 aromatic carbocycles. The first-order chi connectivity index (χ1) is 7.19. The number of nitrogens with zero attached hydrogens (tertiary/aromatic N) is 1. The number of anilines is 1. The molecule has 0 aliphatic heterocycles. The highest BCUT2D eigenvalue weighted by Crippen LogP contribution is 2.15. The van der Waals surface area contributed by atoms with Crippen molar-refractivity contribution in [3.63, 3.8) is 0 Å². The summed E-state index contributed by atoms with van der Waals surface area (Å²) in [6.07, 6.45) is 0.404. The van der Waals surface area contributed by atoms with E-state index in [4.69, 9.17) is 5.73 Å². The van der Waals surface area contributed by atoms with Crippen molar-refractivity contribution in [3.05, 3.63) is 29.8 Å². The van der Waals surface area contributed by atoms with Crippen molar-refractivity contribution in [3.8, 4) is 0 Å². The van der Waals surface area contributed by atoms with E-state index in [-0.39, 0.29) is 18.3 Å². The molecule has 1 aromatic rings. The average molecular weight is 243 g/mol. The van der Waals surface area contributed by atoms with Gasteiger partial charge in [0.05, 0.1) is 0 Å². The van der Waals surface area contributed by atoms with Crippen LogP contribution in [-0.2, 0) is 4.79 Å². The molecule has 90 valence electrons. The van der Waals surface area contributed by atoms with Crippen LogP contribution in [0.25, 0.3) is 0 Å². The molecular weight excluding hydrogens is 224 g/mol. The molecule has 0 radical (unpaired) electrons. The molecule has 0 aliphatic carbocycles. The van der Waals surface area contributed by atoms with Crippen LogP contribution in [0.1, 0.15) is 18.9 Å². The lowest BCUT2D eigenvalue weighted by molar-refractivity contribution is -0.118. The molecular formula is C12H19ClN2O. The summed E-state index contributed by atoms with van der Waals surface area (Å²) < 4.78 is 0. The minimum absolute atomic E-state index is 0. The Kier molecular flexibility index (Phi) is 6.77. The number of carbonyl (C=O) groups is 1. The highest BCUT2D eigenvalue weighted by atomic mass is 35.5. The zero-order chi connectivity index (χ0) is 11.3. The van der Waals surface area contributed by atoms with E-state index in [1.807, 2.05) is 38.1 Å². The number of aryl methyl sites for hydroxylation is 1. The molecule has 1 rings (SSSR count). The summed E-state index contributed by atoms with van der Waals surface area (Å²) in [5.41, 5.74) is 7.52. The fourth-order valence-electron chi connectivity index (χ4n) is 1.49. The second-order valence-electron chi connectivity index (χ2n) is 3.51. The smallest absolute Gasteiger partial charge is 0.228 e. The van der Waals surface area contributed by atoms with Gasteiger partial charge in [0.25, 0.3) is 0 Å². The van der Waals surface area contributed by atoms with Crippen molar-refractivity contribution in [2.75, 3.05) is 18.0 Å². The second-order valence-corrected chi connectivity index (χ2v) is 3.51. The first-order valence-electron chi connectivity index (χ1n) is 5.26. The molecule has 16 heavy (non-hydrogen) atoms. The van der Waals surface area contributed by atoms with E-state index in [1.165, 1.54) is 5.56 Å². The van der Waals surface area contributed by atoms with Crippen molar-refractivity contribution in [2.45, 2.75) is 20.3 Å². The Hall–Kier alpha value is -1.06. The lowest BCUT2D eigenvalue weighted by Crippen LogP contribution is -2.31. The van der Waals surface area contributed by atoms with Crippen LogP contribution in [0.3, 0.4) is 0 Å². The molecule has 1 amide bonds. The van der Waals surface area contributed by atoms with E-state index >= 15 is 0 Å². The molecule has 0 heterocycles. The Balaban J connectivity index is 0.00000225. The number of halogens is 1. The zero-order valence-corrected chi connectivity index (χ0v) is 10.6. The maximum atomic E-state index is 11.7. The Morgan fingerprint density at radius 3 is 2.31 bits per heavy atom. The molecule has 0 atom stereocenters. The van der Waals surface area contributed by atoms with E-state index in [0.717, 1.165) is 5.69 Å². The fraction of sp³-hybridized carbons (Fsp3) is 0.417. The largest absolute Gasteiger partial charge is 0.330 e. The third-order valence-electron chi connectivity index (χ3n) is 2.32. The molecule has 0 bridgehead atoms.